The van der Waals surface area contributed by atoms with Gasteiger partial charge in [0.1, 0.15) is 0 Å². The molecular formula is C12H11N. The Morgan fingerprint density at radius 2 is 2.23 bits per heavy atom. The van der Waals surface area contributed by atoms with E-state index in [1.165, 1.54) is 0 Å². The molecular weight excluding hydrogens is 158 g/mol. The molecule has 0 unspecified atom stereocenters. The molecule has 1 aromatic carbocycles. The number of rotatable bonds is 2. The zero-order valence-electron chi connectivity index (χ0n) is 7.33. The molecule has 0 spiro atoms. The van der Waals surface area contributed by atoms with Crippen molar-refractivity contribution in [1.29, 1.82) is 0 Å². The first-order valence-corrected chi connectivity index (χ1v) is 3.93. The van der Waals surface area contributed by atoms with Crippen LogP contribution in [-0.2, 0) is 0 Å². The average molecular weight is 169 g/mol. The van der Waals surface area contributed by atoms with Crippen molar-refractivity contribution in [1.82, 2.24) is 0 Å². The molecule has 0 amide bonds. The van der Waals surface area contributed by atoms with Crippen LogP contribution in [0.5, 0.6) is 0 Å². The third kappa shape index (κ3) is 2.00. The van der Waals surface area contributed by atoms with Crippen LogP contribution in [0.15, 0.2) is 36.9 Å². The summed E-state index contributed by atoms with van der Waals surface area (Å²) in [4.78, 5) is 0. The van der Waals surface area contributed by atoms with Gasteiger partial charge in [0.15, 0.2) is 0 Å². The molecule has 0 aliphatic carbocycles. The third-order valence-corrected chi connectivity index (χ3v) is 1.69. The minimum absolute atomic E-state index is 0.633. The highest BCUT2D eigenvalue weighted by atomic mass is 14.6. The Kier molecular flexibility index (Phi) is 2.94. The molecule has 0 atom stereocenters. The summed E-state index contributed by atoms with van der Waals surface area (Å²) in [5.41, 5.74) is 8.02. The summed E-state index contributed by atoms with van der Waals surface area (Å²) in [6, 6.07) is 5.59. The van der Waals surface area contributed by atoms with E-state index in [2.05, 4.69) is 12.5 Å². The van der Waals surface area contributed by atoms with Crippen LogP contribution in [0.1, 0.15) is 11.1 Å². The highest BCUT2D eigenvalue weighted by Crippen LogP contribution is 2.16. The van der Waals surface area contributed by atoms with Gasteiger partial charge in [0.25, 0.3) is 0 Å². The van der Waals surface area contributed by atoms with Gasteiger partial charge in [0.2, 0.25) is 0 Å². The molecule has 13 heavy (non-hydrogen) atoms. The Bertz CT molecular complexity index is 381. The van der Waals surface area contributed by atoms with Gasteiger partial charge in [0, 0.05) is 5.69 Å². The van der Waals surface area contributed by atoms with E-state index in [0.29, 0.717) is 5.69 Å². The Morgan fingerprint density at radius 1 is 1.46 bits per heavy atom. The van der Waals surface area contributed by atoms with Crippen molar-refractivity contribution in [2.45, 2.75) is 0 Å². The van der Waals surface area contributed by atoms with Crippen LogP contribution in [0.3, 0.4) is 0 Å². The van der Waals surface area contributed by atoms with E-state index in [1.807, 2.05) is 24.3 Å². The van der Waals surface area contributed by atoms with Crippen molar-refractivity contribution in [2.75, 3.05) is 5.73 Å². The highest BCUT2D eigenvalue weighted by molar-refractivity contribution is 5.68. The van der Waals surface area contributed by atoms with E-state index in [-0.39, 0.29) is 0 Å². The second-order valence-electron chi connectivity index (χ2n) is 2.55. The van der Waals surface area contributed by atoms with Crippen molar-refractivity contribution >= 4 is 11.8 Å². The van der Waals surface area contributed by atoms with E-state index >= 15 is 0 Å². The molecule has 0 saturated carbocycles. The van der Waals surface area contributed by atoms with E-state index in [1.54, 1.807) is 12.1 Å². The van der Waals surface area contributed by atoms with Crippen LogP contribution in [0.25, 0.3) is 6.08 Å². The number of hydrogen-bond donors (Lipinski definition) is 1. The lowest BCUT2D eigenvalue weighted by Gasteiger charge is -2.01. The maximum Gasteiger partial charge on any atom is 0.0544 e. The predicted molar refractivity (Wildman–Crippen MR) is 58.0 cm³/mol. The summed E-state index contributed by atoms with van der Waals surface area (Å²) >= 11 is 0. The average Bonchev–Trinajstić information content (AvgIpc) is 2.15. The second-order valence-corrected chi connectivity index (χ2v) is 2.55. The van der Waals surface area contributed by atoms with E-state index in [9.17, 15) is 0 Å². The largest absolute Gasteiger partial charge is 0.398 e. The lowest BCUT2D eigenvalue weighted by atomic mass is 10.1. The van der Waals surface area contributed by atoms with Crippen LogP contribution < -0.4 is 5.73 Å². The monoisotopic (exact) mass is 169 g/mol. The van der Waals surface area contributed by atoms with Gasteiger partial charge in [-0.15, -0.1) is 6.42 Å². The van der Waals surface area contributed by atoms with Crippen molar-refractivity contribution in [3.05, 3.63) is 48.1 Å². The van der Waals surface area contributed by atoms with Gasteiger partial charge in [-0.3, -0.25) is 0 Å². The predicted octanol–water partition coefficient (Wildman–Crippen LogP) is 2.45. The number of allylic oxidation sites excluding steroid dienone is 2. The van der Waals surface area contributed by atoms with Gasteiger partial charge in [-0.1, -0.05) is 42.9 Å². The lowest BCUT2D eigenvalue weighted by molar-refractivity contribution is 1.59. The quantitative estimate of drug-likeness (QED) is 0.411. The van der Waals surface area contributed by atoms with E-state index < -0.39 is 0 Å². The molecule has 0 fully saturated rings. The molecule has 0 aromatic heterocycles. The normalized spacial score (nSPS) is 9.77. The summed E-state index contributed by atoms with van der Waals surface area (Å²) in [5.74, 6) is 2.56. The van der Waals surface area contributed by atoms with Gasteiger partial charge in [-0.05, 0) is 11.6 Å². The molecule has 0 saturated heterocycles. The van der Waals surface area contributed by atoms with Gasteiger partial charge in [-0.25, -0.2) is 0 Å². The lowest BCUT2D eigenvalue weighted by Crippen LogP contribution is -1.92. The molecule has 1 heteroatoms. The fourth-order valence-corrected chi connectivity index (χ4v) is 1.07. The van der Waals surface area contributed by atoms with Crippen molar-refractivity contribution < 1.29 is 0 Å². The Hall–Kier alpha value is -1.94. The molecule has 0 aliphatic rings. The Balaban J connectivity index is 3.22. The van der Waals surface area contributed by atoms with Crippen LogP contribution in [-0.4, -0.2) is 0 Å². The van der Waals surface area contributed by atoms with Gasteiger partial charge >= 0.3 is 0 Å². The van der Waals surface area contributed by atoms with Crippen LogP contribution >= 0.6 is 0 Å². The minimum atomic E-state index is 0.633. The fraction of sp³-hybridized carbons (Fsp3) is 0. The second kappa shape index (κ2) is 4.18. The SMILES string of the molecule is C#Cc1c(N)cccc1/C=C\C=C. The first-order valence-electron chi connectivity index (χ1n) is 3.93. The van der Waals surface area contributed by atoms with Crippen LogP contribution in [0.4, 0.5) is 5.69 Å². The van der Waals surface area contributed by atoms with Gasteiger partial charge in [-0.2, -0.15) is 0 Å². The first-order chi connectivity index (χ1) is 6.29. The zero-order chi connectivity index (χ0) is 9.68. The van der Waals surface area contributed by atoms with Gasteiger partial charge < -0.3 is 5.73 Å². The summed E-state index contributed by atoms with van der Waals surface area (Å²) in [7, 11) is 0. The molecule has 1 aromatic rings. The molecule has 64 valence electrons. The van der Waals surface area contributed by atoms with Crippen molar-refractivity contribution in [3.8, 4) is 12.3 Å². The smallest absolute Gasteiger partial charge is 0.0544 e. The molecule has 0 heterocycles. The standard InChI is InChI=1S/C12H11N/c1-3-5-7-10-8-6-9-12(13)11(10)4-2/h2-3,5-9H,1,13H2/b7-5-. The molecule has 0 radical (unpaired) electrons. The third-order valence-electron chi connectivity index (χ3n) is 1.69. The van der Waals surface area contributed by atoms with Crippen LogP contribution in [0.2, 0.25) is 0 Å². The molecule has 1 rings (SSSR count). The number of nitrogen functional groups attached to an aromatic ring is 1. The maximum atomic E-state index is 5.70. The number of anilines is 1. The summed E-state index contributed by atoms with van der Waals surface area (Å²) in [6.07, 6.45) is 10.7. The van der Waals surface area contributed by atoms with E-state index in [0.717, 1.165) is 11.1 Å². The summed E-state index contributed by atoms with van der Waals surface area (Å²) < 4.78 is 0. The van der Waals surface area contributed by atoms with Crippen molar-refractivity contribution in [2.24, 2.45) is 0 Å². The molecule has 0 aliphatic heterocycles. The minimum Gasteiger partial charge on any atom is -0.398 e. The molecule has 1 nitrogen and oxygen atoms in total. The summed E-state index contributed by atoms with van der Waals surface area (Å²) in [5, 5.41) is 0. The topological polar surface area (TPSA) is 26.0 Å². The number of terminal acetylenes is 1. The number of benzene rings is 1. The van der Waals surface area contributed by atoms with Crippen LogP contribution in [0, 0.1) is 12.3 Å². The Morgan fingerprint density at radius 3 is 2.85 bits per heavy atom. The first kappa shape index (κ1) is 9.15. The summed E-state index contributed by atoms with van der Waals surface area (Å²) in [6.45, 7) is 3.58. The zero-order valence-corrected chi connectivity index (χ0v) is 7.33. The molecule has 0 bridgehead atoms. The van der Waals surface area contributed by atoms with Gasteiger partial charge in [0.05, 0.1) is 5.56 Å². The highest BCUT2D eigenvalue weighted by Gasteiger charge is 1.98. The number of hydrogen-bond acceptors (Lipinski definition) is 1. The number of nitrogens with two attached hydrogens (primary N) is 1. The van der Waals surface area contributed by atoms with E-state index in [4.69, 9.17) is 12.2 Å². The Labute approximate surface area is 78.6 Å². The van der Waals surface area contributed by atoms with Crippen molar-refractivity contribution in [3.63, 3.8) is 0 Å². The maximum absolute atomic E-state index is 5.70. The molecule has 2 N–H and O–H groups in total. The fourth-order valence-electron chi connectivity index (χ4n) is 1.07.